The van der Waals surface area contributed by atoms with Crippen LogP contribution in [0.15, 0.2) is 12.5 Å². The van der Waals surface area contributed by atoms with E-state index in [4.69, 9.17) is 0 Å². The molecule has 1 aromatic heterocycles. The van der Waals surface area contributed by atoms with Crippen molar-refractivity contribution in [2.75, 3.05) is 18.8 Å². The predicted octanol–water partition coefficient (Wildman–Crippen LogP) is 0.00680. The van der Waals surface area contributed by atoms with E-state index in [0.717, 1.165) is 25.9 Å². The normalized spacial score (nSPS) is 17.3. The maximum absolute atomic E-state index is 11.9. The Kier molecular flexibility index (Phi) is 6.06. The highest BCUT2D eigenvalue weighted by Crippen LogP contribution is 2.19. The third kappa shape index (κ3) is 5.39. The Bertz CT molecular complexity index is 460. The molecule has 116 valence electrons. The molecule has 2 heterocycles. The molecule has 1 aliphatic heterocycles. The van der Waals surface area contributed by atoms with Crippen LogP contribution in [0.25, 0.3) is 0 Å². The molecule has 0 radical (unpaired) electrons. The first-order chi connectivity index (χ1) is 10.1. The first kappa shape index (κ1) is 15.8. The average molecular weight is 312 g/mol. The zero-order valence-corrected chi connectivity index (χ0v) is 12.5. The Morgan fingerprint density at radius 1 is 1.48 bits per heavy atom. The number of thioether (sulfide) groups is 1. The van der Waals surface area contributed by atoms with Crippen LogP contribution in [0.2, 0.25) is 0 Å². The van der Waals surface area contributed by atoms with Gasteiger partial charge in [0.1, 0.15) is 6.04 Å². The number of aromatic amines is 1. The number of carboxylic acid groups (broad SMARTS) is 1. The highest BCUT2D eigenvalue weighted by atomic mass is 32.2. The fraction of sp³-hybridized carbons (Fsp3) is 0.615. The van der Waals surface area contributed by atoms with Crippen molar-refractivity contribution < 1.29 is 14.7 Å². The second-order valence-electron chi connectivity index (χ2n) is 5.00. The van der Waals surface area contributed by atoms with Crippen LogP contribution in [0.1, 0.15) is 18.5 Å². The second kappa shape index (κ2) is 8.04. The third-order valence-corrected chi connectivity index (χ3v) is 4.72. The van der Waals surface area contributed by atoms with Gasteiger partial charge in [-0.2, -0.15) is 0 Å². The molecule has 7 nitrogen and oxygen atoms in total. The molecule has 8 heteroatoms. The van der Waals surface area contributed by atoms with Gasteiger partial charge in [-0.3, -0.25) is 4.79 Å². The Balaban J connectivity index is 1.76. The van der Waals surface area contributed by atoms with Gasteiger partial charge >= 0.3 is 5.97 Å². The minimum atomic E-state index is -1.04. The Morgan fingerprint density at radius 2 is 2.24 bits per heavy atom. The zero-order valence-electron chi connectivity index (χ0n) is 11.7. The lowest BCUT2D eigenvalue weighted by atomic mass is 10.1. The Hall–Kier alpha value is -1.54. The number of hydrogen-bond acceptors (Lipinski definition) is 5. The lowest BCUT2D eigenvalue weighted by molar-refractivity contribution is -0.141. The monoisotopic (exact) mass is 312 g/mol. The number of rotatable bonds is 7. The van der Waals surface area contributed by atoms with E-state index >= 15 is 0 Å². The summed E-state index contributed by atoms with van der Waals surface area (Å²) in [6.07, 6.45) is 5.36. The number of H-pyrrole nitrogens is 1. The van der Waals surface area contributed by atoms with Crippen molar-refractivity contribution in [3.05, 3.63) is 18.2 Å². The highest BCUT2D eigenvalue weighted by molar-refractivity contribution is 8.00. The van der Waals surface area contributed by atoms with Gasteiger partial charge in [0, 0.05) is 23.6 Å². The summed E-state index contributed by atoms with van der Waals surface area (Å²) in [4.78, 5) is 29.8. The van der Waals surface area contributed by atoms with Crippen LogP contribution in [-0.2, 0) is 16.0 Å². The molecule has 0 saturated carbocycles. The summed E-state index contributed by atoms with van der Waals surface area (Å²) in [6, 6.07) is -0.924. The van der Waals surface area contributed by atoms with Crippen LogP contribution in [0.3, 0.4) is 0 Å². The number of nitrogens with zero attached hydrogens (tertiary/aromatic N) is 1. The number of piperidine rings is 1. The highest BCUT2D eigenvalue weighted by Gasteiger charge is 2.22. The summed E-state index contributed by atoms with van der Waals surface area (Å²) in [6.45, 7) is 1.97. The lowest BCUT2D eigenvalue weighted by Gasteiger charge is -2.22. The van der Waals surface area contributed by atoms with Crippen LogP contribution in [-0.4, -0.2) is 57.1 Å². The summed E-state index contributed by atoms with van der Waals surface area (Å²) in [5.41, 5.74) is 0.689. The number of nitrogens with one attached hydrogen (secondary N) is 3. The van der Waals surface area contributed by atoms with Gasteiger partial charge in [-0.1, -0.05) is 0 Å². The Labute approximate surface area is 127 Å². The molecule has 0 spiro atoms. The van der Waals surface area contributed by atoms with Crippen molar-refractivity contribution in [1.29, 1.82) is 0 Å². The number of carbonyl (C=O) groups is 2. The minimum Gasteiger partial charge on any atom is -0.480 e. The van der Waals surface area contributed by atoms with E-state index in [9.17, 15) is 14.7 Å². The maximum atomic E-state index is 11.9. The van der Waals surface area contributed by atoms with Crippen molar-refractivity contribution >= 4 is 23.6 Å². The summed E-state index contributed by atoms with van der Waals surface area (Å²) in [5, 5.41) is 15.5. The van der Waals surface area contributed by atoms with Gasteiger partial charge < -0.3 is 20.7 Å². The molecule has 1 aromatic rings. The number of carboxylic acids is 1. The number of hydrogen-bond donors (Lipinski definition) is 4. The average Bonchev–Trinajstić information content (AvgIpc) is 2.98. The first-order valence-electron chi connectivity index (χ1n) is 6.97. The van der Waals surface area contributed by atoms with Crippen molar-refractivity contribution in [3.63, 3.8) is 0 Å². The molecule has 1 aliphatic rings. The molecule has 1 amide bonds. The van der Waals surface area contributed by atoms with Gasteiger partial charge in [-0.15, -0.1) is 11.8 Å². The maximum Gasteiger partial charge on any atom is 0.326 e. The molecule has 2 rings (SSSR count). The van der Waals surface area contributed by atoms with Gasteiger partial charge in [0.05, 0.1) is 12.1 Å². The van der Waals surface area contributed by atoms with Gasteiger partial charge in [0.15, 0.2) is 0 Å². The molecular weight excluding hydrogens is 292 g/mol. The minimum absolute atomic E-state index is 0.207. The first-order valence-corrected chi connectivity index (χ1v) is 8.02. The number of aliphatic carboxylic acids is 1. The van der Waals surface area contributed by atoms with Crippen LogP contribution in [0, 0.1) is 0 Å². The van der Waals surface area contributed by atoms with E-state index in [1.165, 1.54) is 6.33 Å². The van der Waals surface area contributed by atoms with E-state index in [1.54, 1.807) is 18.0 Å². The quantitative estimate of drug-likeness (QED) is 0.565. The summed E-state index contributed by atoms with van der Waals surface area (Å²) >= 11 is 1.60. The standard InChI is InChI=1S/C13H20N4O3S/c18-12(7-21-10-1-3-14-4-2-10)17-11(13(19)20)5-9-6-15-8-16-9/h6,8,10-11,14H,1-5,7H2,(H,15,16)(H,17,18)(H,19,20). The number of carbonyl (C=O) groups excluding carboxylic acids is 1. The molecule has 1 unspecified atom stereocenters. The molecule has 21 heavy (non-hydrogen) atoms. The van der Waals surface area contributed by atoms with Crippen LogP contribution >= 0.6 is 11.8 Å². The summed E-state index contributed by atoms with van der Waals surface area (Å²) < 4.78 is 0. The zero-order chi connectivity index (χ0) is 15.1. The smallest absolute Gasteiger partial charge is 0.326 e. The van der Waals surface area contributed by atoms with E-state index in [1.807, 2.05) is 0 Å². The van der Waals surface area contributed by atoms with Crippen LogP contribution in [0.4, 0.5) is 0 Å². The van der Waals surface area contributed by atoms with Crippen molar-refractivity contribution in [1.82, 2.24) is 20.6 Å². The van der Waals surface area contributed by atoms with Gasteiger partial charge in [-0.05, 0) is 25.9 Å². The van der Waals surface area contributed by atoms with Crippen molar-refractivity contribution in [2.45, 2.75) is 30.6 Å². The van der Waals surface area contributed by atoms with Gasteiger partial charge in [0.2, 0.25) is 5.91 Å². The number of imidazole rings is 1. The molecule has 1 atom stereocenters. The Morgan fingerprint density at radius 3 is 2.86 bits per heavy atom. The number of aromatic nitrogens is 2. The van der Waals surface area contributed by atoms with Crippen molar-refractivity contribution in [3.8, 4) is 0 Å². The van der Waals surface area contributed by atoms with Crippen molar-refractivity contribution in [2.24, 2.45) is 0 Å². The molecule has 4 N–H and O–H groups in total. The predicted molar refractivity (Wildman–Crippen MR) is 80.2 cm³/mol. The molecule has 1 fully saturated rings. The van der Waals surface area contributed by atoms with E-state index in [0.29, 0.717) is 16.7 Å². The molecule has 0 aliphatic carbocycles. The molecular formula is C13H20N4O3S. The van der Waals surface area contributed by atoms with E-state index < -0.39 is 12.0 Å². The molecule has 0 bridgehead atoms. The summed E-state index contributed by atoms with van der Waals surface area (Å²) in [5.74, 6) is -0.965. The third-order valence-electron chi connectivity index (χ3n) is 3.35. The summed E-state index contributed by atoms with van der Waals surface area (Å²) in [7, 11) is 0. The topological polar surface area (TPSA) is 107 Å². The number of amides is 1. The second-order valence-corrected chi connectivity index (χ2v) is 6.29. The van der Waals surface area contributed by atoms with Gasteiger partial charge in [-0.25, -0.2) is 9.78 Å². The van der Waals surface area contributed by atoms with Crippen LogP contribution in [0.5, 0.6) is 0 Å². The van der Waals surface area contributed by atoms with E-state index in [2.05, 4.69) is 20.6 Å². The fourth-order valence-corrected chi connectivity index (χ4v) is 3.25. The molecule has 1 saturated heterocycles. The SMILES string of the molecule is O=C(CSC1CCNCC1)NC(Cc1cnc[nH]1)C(=O)O. The fourth-order valence-electron chi connectivity index (χ4n) is 2.21. The largest absolute Gasteiger partial charge is 0.480 e. The molecule has 0 aromatic carbocycles. The van der Waals surface area contributed by atoms with Gasteiger partial charge in [0.25, 0.3) is 0 Å². The lowest BCUT2D eigenvalue weighted by Crippen LogP contribution is -2.43. The van der Waals surface area contributed by atoms with E-state index in [-0.39, 0.29) is 12.3 Å². The van der Waals surface area contributed by atoms with Crippen LogP contribution < -0.4 is 10.6 Å².